The number of hydrogen-bond acceptors (Lipinski definition) is 4. The van der Waals surface area contributed by atoms with Crippen molar-refractivity contribution in [1.82, 2.24) is 5.32 Å². The number of nitrogens with one attached hydrogen (secondary N) is 1. The van der Waals surface area contributed by atoms with E-state index in [4.69, 9.17) is 4.74 Å². The standard InChI is InChI=1S/C23H35NO3/c1-24-17-9-5-3-2-4-6-10-20(25)15-13-19-14-16-22(26)23(18-19)27-21-11-7-8-12-21/h6,10,14,16,18,21,24,26H,2-5,7-9,11-13,15,17H2,1H3. The van der Waals surface area contributed by atoms with Gasteiger partial charge in [0.25, 0.3) is 0 Å². The van der Waals surface area contributed by atoms with E-state index in [0.29, 0.717) is 18.6 Å². The minimum atomic E-state index is 0.163. The van der Waals surface area contributed by atoms with Crippen molar-refractivity contribution in [2.75, 3.05) is 13.6 Å². The van der Waals surface area contributed by atoms with Gasteiger partial charge in [-0.2, -0.15) is 0 Å². The number of ether oxygens (including phenoxy) is 1. The van der Waals surface area contributed by atoms with Crippen LogP contribution in [0.25, 0.3) is 0 Å². The average Bonchev–Trinajstić information content (AvgIpc) is 3.17. The molecule has 0 amide bonds. The minimum Gasteiger partial charge on any atom is -0.504 e. The first-order valence-electron chi connectivity index (χ1n) is 10.5. The molecule has 0 aromatic heterocycles. The van der Waals surface area contributed by atoms with Gasteiger partial charge in [0.05, 0.1) is 6.10 Å². The third-order valence-corrected chi connectivity index (χ3v) is 5.13. The molecule has 0 saturated heterocycles. The topological polar surface area (TPSA) is 58.6 Å². The Morgan fingerprint density at radius 3 is 2.78 bits per heavy atom. The second kappa shape index (κ2) is 12.6. The number of allylic oxidation sites excluding steroid dienone is 2. The first-order chi connectivity index (χ1) is 13.2. The third-order valence-electron chi connectivity index (χ3n) is 5.13. The van der Waals surface area contributed by atoms with Crippen molar-refractivity contribution in [3.63, 3.8) is 0 Å². The Kier molecular flexibility index (Phi) is 9.99. The molecule has 1 aliphatic carbocycles. The van der Waals surface area contributed by atoms with Gasteiger partial charge in [-0.25, -0.2) is 0 Å². The van der Waals surface area contributed by atoms with Gasteiger partial charge in [0.1, 0.15) is 0 Å². The van der Waals surface area contributed by atoms with Crippen LogP contribution in [0.4, 0.5) is 0 Å². The first-order valence-corrected chi connectivity index (χ1v) is 10.5. The molecule has 27 heavy (non-hydrogen) atoms. The molecular formula is C23H35NO3. The van der Waals surface area contributed by atoms with Gasteiger partial charge < -0.3 is 15.2 Å². The zero-order chi connectivity index (χ0) is 19.3. The zero-order valence-corrected chi connectivity index (χ0v) is 16.7. The molecule has 0 radical (unpaired) electrons. The van der Waals surface area contributed by atoms with Gasteiger partial charge in [0, 0.05) is 6.42 Å². The molecule has 1 saturated carbocycles. The second-order valence-corrected chi connectivity index (χ2v) is 7.50. The number of phenols is 1. The van der Waals surface area contributed by atoms with Crippen LogP contribution in [0.2, 0.25) is 0 Å². The highest BCUT2D eigenvalue weighted by molar-refractivity contribution is 5.89. The fourth-order valence-electron chi connectivity index (χ4n) is 3.48. The molecule has 0 unspecified atom stereocenters. The fraction of sp³-hybridized carbons (Fsp3) is 0.609. The van der Waals surface area contributed by atoms with Crippen LogP contribution in [0.1, 0.15) is 69.8 Å². The van der Waals surface area contributed by atoms with Crippen LogP contribution in [0.3, 0.4) is 0 Å². The van der Waals surface area contributed by atoms with Crippen molar-refractivity contribution in [2.24, 2.45) is 0 Å². The monoisotopic (exact) mass is 373 g/mol. The normalized spacial score (nSPS) is 14.9. The van der Waals surface area contributed by atoms with Gasteiger partial charge in [-0.15, -0.1) is 0 Å². The second-order valence-electron chi connectivity index (χ2n) is 7.50. The van der Waals surface area contributed by atoms with E-state index < -0.39 is 0 Å². The summed E-state index contributed by atoms with van der Waals surface area (Å²) in [6.07, 6.45) is 15.4. The molecule has 150 valence electrons. The van der Waals surface area contributed by atoms with E-state index in [9.17, 15) is 9.90 Å². The molecule has 4 nitrogen and oxygen atoms in total. The van der Waals surface area contributed by atoms with Crippen LogP contribution < -0.4 is 10.1 Å². The van der Waals surface area contributed by atoms with E-state index in [0.717, 1.165) is 37.8 Å². The van der Waals surface area contributed by atoms with Gasteiger partial charge in [0.2, 0.25) is 0 Å². The highest BCUT2D eigenvalue weighted by Crippen LogP contribution is 2.31. The summed E-state index contributed by atoms with van der Waals surface area (Å²) in [4.78, 5) is 12.0. The molecule has 1 aromatic rings. The van der Waals surface area contributed by atoms with E-state index in [1.807, 2.05) is 25.3 Å². The molecule has 0 heterocycles. The fourth-order valence-corrected chi connectivity index (χ4v) is 3.48. The maximum absolute atomic E-state index is 12.0. The van der Waals surface area contributed by atoms with E-state index in [1.54, 1.807) is 12.1 Å². The van der Waals surface area contributed by atoms with Crippen LogP contribution in [0.5, 0.6) is 11.5 Å². The number of unbranched alkanes of at least 4 members (excludes halogenated alkanes) is 4. The summed E-state index contributed by atoms with van der Waals surface area (Å²) in [5, 5.41) is 13.2. The van der Waals surface area contributed by atoms with Crippen molar-refractivity contribution in [3.05, 3.63) is 35.9 Å². The summed E-state index contributed by atoms with van der Waals surface area (Å²) in [7, 11) is 1.98. The van der Waals surface area contributed by atoms with Gasteiger partial charge in [-0.1, -0.05) is 25.0 Å². The first kappa shape index (κ1) is 21.5. The van der Waals surface area contributed by atoms with Crippen molar-refractivity contribution < 1.29 is 14.6 Å². The van der Waals surface area contributed by atoms with Crippen LogP contribution in [-0.2, 0) is 11.2 Å². The summed E-state index contributed by atoms with van der Waals surface area (Å²) in [5.74, 6) is 0.906. The number of aromatic hydroxyl groups is 1. The number of carbonyl (C=O) groups is 1. The number of carbonyl (C=O) groups excluding carboxylic acids is 1. The molecule has 1 aliphatic rings. The number of phenolic OH excluding ortho intramolecular Hbond substituents is 1. The van der Waals surface area contributed by atoms with E-state index in [-0.39, 0.29) is 17.6 Å². The number of rotatable bonds is 13. The molecule has 4 heteroatoms. The largest absolute Gasteiger partial charge is 0.504 e. The molecule has 2 N–H and O–H groups in total. The number of aryl methyl sites for hydroxylation is 1. The number of ketones is 1. The lowest BCUT2D eigenvalue weighted by molar-refractivity contribution is -0.114. The molecule has 2 rings (SSSR count). The summed E-state index contributed by atoms with van der Waals surface area (Å²) in [6.45, 7) is 1.08. The van der Waals surface area contributed by atoms with Crippen LogP contribution in [0.15, 0.2) is 30.4 Å². The van der Waals surface area contributed by atoms with Crippen LogP contribution in [0, 0.1) is 0 Å². The summed E-state index contributed by atoms with van der Waals surface area (Å²) < 4.78 is 5.93. The van der Waals surface area contributed by atoms with Crippen molar-refractivity contribution in [2.45, 2.75) is 76.7 Å². The maximum atomic E-state index is 12.0. The molecule has 0 aliphatic heterocycles. The Morgan fingerprint density at radius 1 is 1.22 bits per heavy atom. The lowest BCUT2D eigenvalue weighted by Crippen LogP contribution is -2.11. The van der Waals surface area contributed by atoms with Crippen molar-refractivity contribution in [1.29, 1.82) is 0 Å². The highest BCUT2D eigenvalue weighted by Gasteiger charge is 2.18. The van der Waals surface area contributed by atoms with Gasteiger partial charge >= 0.3 is 0 Å². The molecule has 0 spiro atoms. The number of benzene rings is 1. The molecule has 0 bridgehead atoms. The summed E-state index contributed by atoms with van der Waals surface area (Å²) >= 11 is 0. The van der Waals surface area contributed by atoms with Crippen LogP contribution in [-0.4, -0.2) is 30.6 Å². The van der Waals surface area contributed by atoms with Crippen molar-refractivity contribution in [3.8, 4) is 11.5 Å². The van der Waals surface area contributed by atoms with Gasteiger partial charge in [0.15, 0.2) is 17.3 Å². The van der Waals surface area contributed by atoms with Gasteiger partial charge in [-0.05, 0) is 88.7 Å². The summed E-state index contributed by atoms with van der Waals surface area (Å²) in [5.41, 5.74) is 1.03. The molecule has 0 atom stereocenters. The third kappa shape index (κ3) is 8.61. The quantitative estimate of drug-likeness (QED) is 0.380. The summed E-state index contributed by atoms with van der Waals surface area (Å²) in [6, 6.07) is 5.43. The highest BCUT2D eigenvalue weighted by atomic mass is 16.5. The predicted molar refractivity (Wildman–Crippen MR) is 110 cm³/mol. The average molecular weight is 374 g/mol. The Bertz CT molecular complexity index is 591. The predicted octanol–water partition coefficient (Wildman–Crippen LogP) is 4.94. The van der Waals surface area contributed by atoms with E-state index >= 15 is 0 Å². The Labute approximate surface area is 164 Å². The van der Waals surface area contributed by atoms with E-state index in [1.165, 1.54) is 32.1 Å². The Hall–Kier alpha value is -1.81. The SMILES string of the molecule is CNCCCCCCC=CC(=O)CCc1ccc(O)c(OC2CCCC2)c1. The lowest BCUT2D eigenvalue weighted by atomic mass is 10.1. The maximum Gasteiger partial charge on any atom is 0.161 e. The molecule has 1 aromatic carbocycles. The Balaban J connectivity index is 1.67. The zero-order valence-electron chi connectivity index (χ0n) is 16.7. The van der Waals surface area contributed by atoms with E-state index in [2.05, 4.69) is 5.32 Å². The van der Waals surface area contributed by atoms with Crippen molar-refractivity contribution >= 4 is 5.78 Å². The molecular weight excluding hydrogens is 338 g/mol. The number of hydrogen-bond donors (Lipinski definition) is 2. The van der Waals surface area contributed by atoms with Crippen LogP contribution >= 0.6 is 0 Å². The minimum absolute atomic E-state index is 0.163. The lowest BCUT2D eigenvalue weighted by Gasteiger charge is -2.15. The molecule has 1 fully saturated rings. The van der Waals surface area contributed by atoms with Gasteiger partial charge in [-0.3, -0.25) is 4.79 Å². The Morgan fingerprint density at radius 2 is 2.00 bits per heavy atom. The smallest absolute Gasteiger partial charge is 0.161 e.